The third-order valence-electron chi connectivity index (χ3n) is 3.88. The van der Waals surface area contributed by atoms with Crippen molar-refractivity contribution < 1.29 is 24.2 Å². The lowest BCUT2D eigenvalue weighted by atomic mass is 10.1. The highest BCUT2D eigenvalue weighted by Crippen LogP contribution is 2.18. The van der Waals surface area contributed by atoms with Gasteiger partial charge < -0.3 is 20.1 Å². The number of likely N-dealkylation sites (N-methyl/N-ethyl adjacent to an activating group) is 1. The third-order valence-corrected chi connectivity index (χ3v) is 3.88. The maximum absolute atomic E-state index is 12.4. The Balaban J connectivity index is 1.92. The molecule has 7 heteroatoms. The number of carbonyl (C=O) groups excluding carboxylic acids is 2. The number of ether oxygens (including phenoxy) is 1. The van der Waals surface area contributed by atoms with E-state index in [4.69, 9.17) is 9.84 Å². The van der Waals surface area contributed by atoms with Crippen molar-refractivity contribution in [1.29, 1.82) is 0 Å². The third kappa shape index (κ3) is 5.85. The first-order valence-corrected chi connectivity index (χ1v) is 8.41. The van der Waals surface area contributed by atoms with Gasteiger partial charge in [0.15, 0.2) is 6.61 Å². The van der Waals surface area contributed by atoms with E-state index in [9.17, 15) is 14.4 Å². The summed E-state index contributed by atoms with van der Waals surface area (Å²) >= 11 is 0. The van der Waals surface area contributed by atoms with Crippen LogP contribution in [-0.4, -0.2) is 55.0 Å². The lowest BCUT2D eigenvalue weighted by Gasteiger charge is -2.14. The van der Waals surface area contributed by atoms with Crippen LogP contribution in [0.25, 0.3) is 0 Å². The number of aromatic carboxylic acids is 1. The number of para-hydroxylation sites is 1. The van der Waals surface area contributed by atoms with Crippen molar-refractivity contribution in [2.24, 2.45) is 0 Å². The van der Waals surface area contributed by atoms with E-state index in [0.29, 0.717) is 24.3 Å². The number of hydrogen-bond acceptors (Lipinski definition) is 4. The Bertz CT molecular complexity index is 815. The Kier molecular flexibility index (Phi) is 6.93. The summed E-state index contributed by atoms with van der Waals surface area (Å²) < 4.78 is 5.47. The number of carboxylic acids is 1. The lowest BCUT2D eigenvalue weighted by Crippen LogP contribution is -2.29. The van der Waals surface area contributed by atoms with Gasteiger partial charge in [-0.1, -0.05) is 24.3 Å². The Labute approximate surface area is 157 Å². The summed E-state index contributed by atoms with van der Waals surface area (Å²) in [5.41, 5.74) is 1.49. The second-order valence-electron chi connectivity index (χ2n) is 6.08. The summed E-state index contributed by atoms with van der Waals surface area (Å²) in [6.07, 6.45) is 0.563. The predicted molar refractivity (Wildman–Crippen MR) is 100 cm³/mol. The fourth-order valence-electron chi connectivity index (χ4n) is 2.28. The summed E-state index contributed by atoms with van der Waals surface area (Å²) in [4.78, 5) is 36.3. The molecule has 0 aliphatic carbocycles. The Morgan fingerprint density at radius 1 is 1.04 bits per heavy atom. The number of carboxylic acid groups (broad SMARTS) is 1. The first kappa shape index (κ1) is 20.0. The summed E-state index contributed by atoms with van der Waals surface area (Å²) in [6.45, 7) is 0.240. The molecule has 0 radical (unpaired) electrons. The van der Waals surface area contributed by atoms with Crippen molar-refractivity contribution in [3.8, 4) is 5.75 Å². The van der Waals surface area contributed by atoms with Crippen LogP contribution in [0.1, 0.15) is 26.3 Å². The molecular weight excluding hydrogens is 348 g/mol. The van der Waals surface area contributed by atoms with Gasteiger partial charge in [0, 0.05) is 20.6 Å². The first-order valence-electron chi connectivity index (χ1n) is 8.41. The SMILES string of the molecule is CN(C)C(=O)COc1ccccc1C(=O)NCCc1ccc(C(=O)O)cc1. The molecule has 7 nitrogen and oxygen atoms in total. The minimum atomic E-state index is -0.973. The van der Waals surface area contributed by atoms with E-state index in [1.807, 2.05) is 0 Å². The average Bonchev–Trinajstić information content (AvgIpc) is 2.66. The molecule has 0 aliphatic rings. The molecule has 0 fully saturated rings. The van der Waals surface area contributed by atoms with Crippen LogP contribution in [0.4, 0.5) is 0 Å². The standard InChI is InChI=1S/C20H22N2O5/c1-22(2)18(23)13-27-17-6-4-3-5-16(17)19(24)21-12-11-14-7-9-15(10-8-14)20(25)26/h3-10H,11-13H2,1-2H3,(H,21,24)(H,25,26). The van der Waals surface area contributed by atoms with Crippen LogP contribution in [0.15, 0.2) is 48.5 Å². The molecule has 0 saturated carbocycles. The van der Waals surface area contributed by atoms with Gasteiger partial charge in [0.05, 0.1) is 11.1 Å². The minimum Gasteiger partial charge on any atom is -0.483 e. The van der Waals surface area contributed by atoms with Crippen molar-refractivity contribution in [2.45, 2.75) is 6.42 Å². The van der Waals surface area contributed by atoms with Crippen LogP contribution < -0.4 is 10.1 Å². The van der Waals surface area contributed by atoms with Crippen LogP contribution in [-0.2, 0) is 11.2 Å². The van der Waals surface area contributed by atoms with Gasteiger partial charge in [-0.05, 0) is 36.2 Å². The van der Waals surface area contributed by atoms with Gasteiger partial charge >= 0.3 is 5.97 Å². The fourth-order valence-corrected chi connectivity index (χ4v) is 2.28. The smallest absolute Gasteiger partial charge is 0.335 e. The largest absolute Gasteiger partial charge is 0.483 e. The maximum Gasteiger partial charge on any atom is 0.335 e. The van der Waals surface area contributed by atoms with Gasteiger partial charge in [0.25, 0.3) is 11.8 Å². The molecule has 2 N–H and O–H groups in total. The highest BCUT2D eigenvalue weighted by Gasteiger charge is 2.13. The molecule has 27 heavy (non-hydrogen) atoms. The molecule has 0 bridgehead atoms. The van der Waals surface area contributed by atoms with Crippen LogP contribution in [0.2, 0.25) is 0 Å². The fraction of sp³-hybridized carbons (Fsp3) is 0.250. The predicted octanol–water partition coefficient (Wildman–Crippen LogP) is 1.82. The number of nitrogens with zero attached hydrogens (tertiary/aromatic N) is 1. The van der Waals surface area contributed by atoms with Gasteiger partial charge in [-0.15, -0.1) is 0 Å². The molecule has 0 spiro atoms. The molecule has 0 unspecified atom stereocenters. The molecule has 0 aliphatic heterocycles. The van der Waals surface area contributed by atoms with Crippen LogP contribution in [0, 0.1) is 0 Å². The summed E-state index contributed by atoms with van der Waals surface area (Å²) in [6, 6.07) is 13.2. The number of rotatable bonds is 8. The first-order chi connectivity index (χ1) is 12.9. The van der Waals surface area contributed by atoms with Crippen molar-refractivity contribution in [2.75, 3.05) is 27.2 Å². The zero-order valence-corrected chi connectivity index (χ0v) is 15.3. The molecule has 0 heterocycles. The number of hydrogen-bond donors (Lipinski definition) is 2. The maximum atomic E-state index is 12.4. The summed E-state index contributed by atoms with van der Waals surface area (Å²) in [7, 11) is 3.26. The minimum absolute atomic E-state index is 0.146. The van der Waals surface area contributed by atoms with E-state index < -0.39 is 5.97 Å². The van der Waals surface area contributed by atoms with Crippen molar-refractivity contribution >= 4 is 17.8 Å². The number of benzene rings is 2. The van der Waals surface area contributed by atoms with E-state index in [1.165, 1.54) is 17.0 Å². The summed E-state index contributed by atoms with van der Waals surface area (Å²) in [5, 5.41) is 11.7. The second kappa shape index (κ2) is 9.38. The highest BCUT2D eigenvalue weighted by molar-refractivity contribution is 5.97. The Morgan fingerprint density at radius 3 is 2.33 bits per heavy atom. The molecule has 2 rings (SSSR count). The van der Waals surface area contributed by atoms with Crippen molar-refractivity contribution in [3.05, 3.63) is 65.2 Å². The molecule has 2 aromatic carbocycles. The highest BCUT2D eigenvalue weighted by atomic mass is 16.5. The number of nitrogens with one attached hydrogen (secondary N) is 1. The van der Waals surface area contributed by atoms with Crippen LogP contribution in [0.5, 0.6) is 5.75 Å². The average molecular weight is 370 g/mol. The molecule has 142 valence electrons. The van der Waals surface area contributed by atoms with E-state index in [0.717, 1.165) is 5.56 Å². The van der Waals surface area contributed by atoms with Crippen molar-refractivity contribution in [3.63, 3.8) is 0 Å². The van der Waals surface area contributed by atoms with E-state index in [1.54, 1.807) is 50.5 Å². The van der Waals surface area contributed by atoms with E-state index >= 15 is 0 Å². The van der Waals surface area contributed by atoms with Gasteiger partial charge in [0.2, 0.25) is 0 Å². The molecule has 2 amide bonds. The number of carbonyl (C=O) groups is 3. The van der Waals surface area contributed by atoms with E-state index in [2.05, 4.69) is 5.32 Å². The van der Waals surface area contributed by atoms with Crippen LogP contribution in [0.3, 0.4) is 0 Å². The van der Waals surface area contributed by atoms with Gasteiger partial charge in [-0.2, -0.15) is 0 Å². The zero-order valence-electron chi connectivity index (χ0n) is 15.3. The molecule has 0 aromatic heterocycles. The van der Waals surface area contributed by atoms with Gasteiger partial charge in [0.1, 0.15) is 5.75 Å². The Hall–Kier alpha value is -3.35. The monoisotopic (exact) mass is 370 g/mol. The van der Waals surface area contributed by atoms with Gasteiger partial charge in [-0.3, -0.25) is 9.59 Å². The lowest BCUT2D eigenvalue weighted by molar-refractivity contribution is -0.130. The summed E-state index contributed by atoms with van der Waals surface area (Å²) in [5.74, 6) is -1.13. The van der Waals surface area contributed by atoms with Crippen molar-refractivity contribution in [1.82, 2.24) is 10.2 Å². The second-order valence-corrected chi connectivity index (χ2v) is 6.08. The quantitative estimate of drug-likeness (QED) is 0.739. The molecule has 2 aromatic rings. The Morgan fingerprint density at radius 2 is 1.70 bits per heavy atom. The topological polar surface area (TPSA) is 95.9 Å². The van der Waals surface area contributed by atoms with Gasteiger partial charge in [-0.25, -0.2) is 4.79 Å². The normalized spacial score (nSPS) is 10.1. The van der Waals surface area contributed by atoms with E-state index in [-0.39, 0.29) is 24.0 Å². The zero-order chi connectivity index (χ0) is 19.8. The molecule has 0 atom stereocenters. The molecule has 0 saturated heterocycles. The van der Waals surface area contributed by atoms with Crippen LogP contribution >= 0.6 is 0 Å². The number of amides is 2. The molecular formula is C20H22N2O5.